The predicted molar refractivity (Wildman–Crippen MR) is 99.5 cm³/mol. The standard InChI is InChI=1S/C18H18N2O2S2/c21-16-15-13-8-4-5-9-14(13)24-17(15)20-18(19-16)23-11-10-22-12-6-2-1-3-7-12/h1-3,6-7H,4-5,8-11H2,(H,19,20,21). The van der Waals surface area contributed by atoms with Crippen molar-refractivity contribution in [2.24, 2.45) is 0 Å². The van der Waals surface area contributed by atoms with E-state index in [9.17, 15) is 4.79 Å². The average molecular weight is 358 g/mol. The number of H-pyrrole nitrogens is 1. The van der Waals surface area contributed by atoms with Crippen LogP contribution < -0.4 is 10.3 Å². The number of hydrogen-bond donors (Lipinski definition) is 1. The highest BCUT2D eigenvalue weighted by molar-refractivity contribution is 7.99. The average Bonchev–Trinajstić information content (AvgIpc) is 2.98. The van der Waals surface area contributed by atoms with Gasteiger partial charge >= 0.3 is 0 Å². The Hall–Kier alpha value is -1.79. The highest BCUT2D eigenvalue weighted by Crippen LogP contribution is 2.34. The number of ether oxygens (including phenoxy) is 1. The van der Waals surface area contributed by atoms with Gasteiger partial charge in [-0.05, 0) is 43.4 Å². The van der Waals surface area contributed by atoms with Gasteiger partial charge in [-0.15, -0.1) is 11.3 Å². The van der Waals surface area contributed by atoms with Gasteiger partial charge in [-0.2, -0.15) is 0 Å². The maximum atomic E-state index is 12.5. The molecular weight excluding hydrogens is 340 g/mol. The number of rotatable bonds is 5. The van der Waals surface area contributed by atoms with Crippen molar-refractivity contribution in [1.82, 2.24) is 9.97 Å². The van der Waals surface area contributed by atoms with Crippen LogP contribution in [0.3, 0.4) is 0 Å². The zero-order valence-electron chi connectivity index (χ0n) is 13.2. The minimum Gasteiger partial charge on any atom is -0.493 e. The molecule has 0 radical (unpaired) electrons. The molecule has 1 aliphatic carbocycles. The van der Waals surface area contributed by atoms with Crippen molar-refractivity contribution >= 4 is 33.3 Å². The van der Waals surface area contributed by atoms with Crippen LogP contribution in [0.25, 0.3) is 10.2 Å². The number of nitrogens with zero attached hydrogens (tertiary/aromatic N) is 1. The lowest BCUT2D eigenvalue weighted by Gasteiger charge is -2.09. The van der Waals surface area contributed by atoms with Gasteiger partial charge in [0, 0.05) is 10.6 Å². The molecule has 0 fully saturated rings. The van der Waals surface area contributed by atoms with E-state index in [1.54, 1.807) is 11.3 Å². The predicted octanol–water partition coefficient (Wildman–Crippen LogP) is 4.03. The summed E-state index contributed by atoms with van der Waals surface area (Å²) in [6, 6.07) is 9.74. The molecule has 0 bridgehead atoms. The van der Waals surface area contributed by atoms with Crippen LogP contribution in [0.4, 0.5) is 0 Å². The van der Waals surface area contributed by atoms with Gasteiger partial charge in [0.15, 0.2) is 5.16 Å². The fraction of sp³-hybridized carbons (Fsp3) is 0.333. The molecule has 0 unspecified atom stereocenters. The molecule has 0 spiro atoms. The SMILES string of the molecule is O=c1[nH]c(SCCOc2ccccc2)nc2sc3c(c12)CCCC3. The molecule has 1 aliphatic rings. The molecule has 0 saturated heterocycles. The molecule has 0 saturated carbocycles. The van der Waals surface area contributed by atoms with Gasteiger partial charge in [0.25, 0.3) is 5.56 Å². The van der Waals surface area contributed by atoms with E-state index >= 15 is 0 Å². The summed E-state index contributed by atoms with van der Waals surface area (Å²) in [5.41, 5.74) is 1.24. The summed E-state index contributed by atoms with van der Waals surface area (Å²) in [4.78, 5) is 22.3. The number of thiophene rings is 1. The molecule has 2 heterocycles. The molecule has 1 N–H and O–H groups in total. The van der Waals surface area contributed by atoms with Crippen LogP contribution >= 0.6 is 23.1 Å². The molecule has 3 aromatic rings. The second-order valence-corrected chi connectivity index (χ2v) is 7.94. The van der Waals surface area contributed by atoms with Crippen LogP contribution in [-0.4, -0.2) is 22.3 Å². The Morgan fingerprint density at radius 2 is 2.04 bits per heavy atom. The normalized spacial score (nSPS) is 13.8. The Balaban J connectivity index is 1.46. The molecule has 2 aromatic heterocycles. The van der Waals surface area contributed by atoms with Gasteiger partial charge in [0.1, 0.15) is 10.6 Å². The number of aromatic amines is 1. The summed E-state index contributed by atoms with van der Waals surface area (Å²) in [6.07, 6.45) is 4.49. The topological polar surface area (TPSA) is 55.0 Å². The Labute approximate surface area is 148 Å². The molecule has 4 nitrogen and oxygen atoms in total. The first-order valence-corrected chi connectivity index (χ1v) is 9.97. The fourth-order valence-corrected chi connectivity index (χ4v) is 5.03. The van der Waals surface area contributed by atoms with E-state index in [1.165, 1.54) is 35.0 Å². The van der Waals surface area contributed by atoms with Crippen molar-refractivity contribution < 1.29 is 4.74 Å². The highest BCUT2D eigenvalue weighted by Gasteiger charge is 2.19. The van der Waals surface area contributed by atoms with Crippen molar-refractivity contribution in [3.63, 3.8) is 0 Å². The molecule has 4 rings (SSSR count). The van der Waals surface area contributed by atoms with Crippen LogP contribution in [0.1, 0.15) is 23.3 Å². The maximum absolute atomic E-state index is 12.5. The number of nitrogens with one attached hydrogen (secondary N) is 1. The van der Waals surface area contributed by atoms with Crippen LogP contribution in [0.15, 0.2) is 40.3 Å². The van der Waals surface area contributed by atoms with Crippen molar-refractivity contribution in [1.29, 1.82) is 0 Å². The third-order valence-corrected chi connectivity index (χ3v) is 6.16. The molecule has 0 aliphatic heterocycles. The van der Waals surface area contributed by atoms with Crippen molar-refractivity contribution in [2.45, 2.75) is 30.8 Å². The lowest BCUT2D eigenvalue weighted by molar-refractivity contribution is 0.344. The smallest absolute Gasteiger partial charge is 0.260 e. The number of fused-ring (bicyclic) bond motifs is 3. The molecule has 1 aromatic carbocycles. The highest BCUT2D eigenvalue weighted by atomic mass is 32.2. The molecule has 124 valence electrons. The summed E-state index contributed by atoms with van der Waals surface area (Å²) in [5.74, 6) is 1.61. The van der Waals surface area contributed by atoms with Crippen LogP contribution in [0, 0.1) is 0 Å². The first-order chi connectivity index (χ1) is 11.8. The van der Waals surface area contributed by atoms with E-state index < -0.39 is 0 Å². The first kappa shape index (κ1) is 15.7. The summed E-state index contributed by atoms with van der Waals surface area (Å²) < 4.78 is 5.67. The van der Waals surface area contributed by atoms with E-state index in [1.807, 2.05) is 30.3 Å². The van der Waals surface area contributed by atoms with Gasteiger partial charge < -0.3 is 9.72 Å². The summed E-state index contributed by atoms with van der Waals surface area (Å²) in [6.45, 7) is 0.581. The summed E-state index contributed by atoms with van der Waals surface area (Å²) in [5, 5.41) is 1.50. The second kappa shape index (κ2) is 6.99. The van der Waals surface area contributed by atoms with E-state index in [2.05, 4.69) is 9.97 Å². The van der Waals surface area contributed by atoms with Gasteiger partial charge in [-0.25, -0.2) is 4.98 Å². The van der Waals surface area contributed by atoms with Crippen molar-refractivity contribution in [3.05, 3.63) is 51.1 Å². The Morgan fingerprint density at radius 1 is 1.21 bits per heavy atom. The molecule has 6 heteroatoms. The van der Waals surface area contributed by atoms with Crippen LogP contribution in [0.2, 0.25) is 0 Å². The fourth-order valence-electron chi connectivity index (χ4n) is 3.03. The zero-order valence-corrected chi connectivity index (χ0v) is 14.8. The maximum Gasteiger partial charge on any atom is 0.260 e. The monoisotopic (exact) mass is 358 g/mol. The third kappa shape index (κ3) is 3.21. The number of thioether (sulfide) groups is 1. The number of aromatic nitrogens is 2. The lowest BCUT2D eigenvalue weighted by Crippen LogP contribution is -2.11. The van der Waals surface area contributed by atoms with Gasteiger partial charge in [0.2, 0.25) is 0 Å². The van der Waals surface area contributed by atoms with Gasteiger partial charge in [-0.3, -0.25) is 4.79 Å². The van der Waals surface area contributed by atoms with E-state index in [0.717, 1.165) is 34.6 Å². The second-order valence-electron chi connectivity index (χ2n) is 5.77. The molecular formula is C18H18N2O2S2. The summed E-state index contributed by atoms with van der Waals surface area (Å²) >= 11 is 3.22. The largest absolute Gasteiger partial charge is 0.493 e. The Bertz CT molecular complexity index is 903. The lowest BCUT2D eigenvalue weighted by atomic mass is 9.97. The Morgan fingerprint density at radius 3 is 2.92 bits per heavy atom. The molecule has 0 atom stereocenters. The first-order valence-electron chi connectivity index (χ1n) is 8.16. The molecule has 24 heavy (non-hydrogen) atoms. The minimum atomic E-state index is 0.00544. The third-order valence-electron chi connectivity index (χ3n) is 4.14. The molecule has 0 amide bonds. The quantitative estimate of drug-likeness (QED) is 0.425. The summed E-state index contributed by atoms with van der Waals surface area (Å²) in [7, 11) is 0. The van der Waals surface area contributed by atoms with Crippen LogP contribution in [-0.2, 0) is 12.8 Å². The zero-order chi connectivity index (χ0) is 16.4. The Kier molecular flexibility index (Phi) is 4.58. The van der Waals surface area contributed by atoms with Crippen molar-refractivity contribution in [2.75, 3.05) is 12.4 Å². The van der Waals surface area contributed by atoms with E-state index in [-0.39, 0.29) is 5.56 Å². The van der Waals surface area contributed by atoms with Crippen LogP contribution in [0.5, 0.6) is 5.75 Å². The van der Waals surface area contributed by atoms with E-state index in [0.29, 0.717) is 11.8 Å². The van der Waals surface area contributed by atoms with Crippen molar-refractivity contribution in [3.8, 4) is 5.75 Å². The van der Waals surface area contributed by atoms with E-state index in [4.69, 9.17) is 4.74 Å². The number of hydrogen-bond acceptors (Lipinski definition) is 5. The number of benzene rings is 1. The number of aryl methyl sites for hydroxylation is 2. The number of para-hydroxylation sites is 1. The van der Waals surface area contributed by atoms with Gasteiger partial charge in [0.05, 0.1) is 12.0 Å². The minimum absolute atomic E-state index is 0.00544. The van der Waals surface area contributed by atoms with Gasteiger partial charge in [-0.1, -0.05) is 30.0 Å².